The van der Waals surface area contributed by atoms with Gasteiger partial charge in [-0.1, -0.05) is 85.1 Å². The Hall–Kier alpha value is -3.25. The standard InChI is InChI=1S/C32H38N2O3S/c1-24-9-8-12-27(19-24)21-34(31(35)23-38-22-26-15-17-29(37-2)18-16-26)30(20-25-10-4-3-5-11-25)32(36)33-28-13-6-7-14-28/h3-5,8-12,15-19,28,30H,6-7,13-14,20-23H2,1-2H3,(H,33,36)/t30-/m0/s1. The SMILES string of the molecule is COc1ccc(CSCC(=O)N(Cc2cccc(C)c2)[C@@H](Cc2ccccc2)C(=O)NC2CCCC2)cc1. The van der Waals surface area contributed by atoms with Crippen molar-refractivity contribution in [1.29, 1.82) is 0 Å². The highest BCUT2D eigenvalue weighted by Crippen LogP contribution is 2.22. The first-order chi connectivity index (χ1) is 18.5. The number of nitrogens with one attached hydrogen (secondary N) is 1. The van der Waals surface area contributed by atoms with Crippen molar-refractivity contribution in [2.75, 3.05) is 12.9 Å². The minimum atomic E-state index is -0.576. The van der Waals surface area contributed by atoms with E-state index in [0.29, 0.717) is 24.5 Å². The maximum atomic E-state index is 13.8. The average molecular weight is 531 g/mol. The number of hydrogen-bond donors (Lipinski definition) is 1. The van der Waals surface area contributed by atoms with Gasteiger partial charge in [0.2, 0.25) is 11.8 Å². The van der Waals surface area contributed by atoms with Crippen molar-refractivity contribution in [3.8, 4) is 5.75 Å². The second kappa shape index (κ2) is 14.1. The van der Waals surface area contributed by atoms with Crippen LogP contribution in [0, 0.1) is 6.92 Å². The number of aryl methyl sites for hydroxylation is 1. The zero-order valence-electron chi connectivity index (χ0n) is 22.4. The molecule has 1 fully saturated rings. The summed E-state index contributed by atoms with van der Waals surface area (Å²) in [5.41, 5.74) is 4.35. The summed E-state index contributed by atoms with van der Waals surface area (Å²) < 4.78 is 5.25. The first-order valence-corrected chi connectivity index (χ1v) is 14.6. The van der Waals surface area contributed by atoms with Crippen molar-refractivity contribution < 1.29 is 14.3 Å². The van der Waals surface area contributed by atoms with Crippen LogP contribution in [0.2, 0.25) is 0 Å². The van der Waals surface area contributed by atoms with E-state index >= 15 is 0 Å². The van der Waals surface area contributed by atoms with E-state index < -0.39 is 6.04 Å². The lowest BCUT2D eigenvalue weighted by atomic mass is 10.0. The Morgan fingerprint density at radius 1 is 0.947 bits per heavy atom. The number of carbonyl (C=O) groups is 2. The second-order valence-corrected chi connectivity index (χ2v) is 11.0. The molecule has 0 aromatic heterocycles. The first-order valence-electron chi connectivity index (χ1n) is 13.4. The highest BCUT2D eigenvalue weighted by atomic mass is 32.2. The molecule has 0 saturated heterocycles. The van der Waals surface area contributed by atoms with Gasteiger partial charge in [0.1, 0.15) is 11.8 Å². The number of methoxy groups -OCH3 is 1. The van der Waals surface area contributed by atoms with Crippen molar-refractivity contribution >= 4 is 23.6 Å². The van der Waals surface area contributed by atoms with Gasteiger partial charge in [-0.05, 0) is 48.6 Å². The van der Waals surface area contributed by atoms with Crippen LogP contribution in [0.5, 0.6) is 5.75 Å². The summed E-state index contributed by atoms with van der Waals surface area (Å²) in [4.78, 5) is 29.3. The molecule has 38 heavy (non-hydrogen) atoms. The van der Waals surface area contributed by atoms with Crippen LogP contribution < -0.4 is 10.1 Å². The molecule has 0 spiro atoms. The fourth-order valence-electron chi connectivity index (χ4n) is 4.99. The Kier molecular flexibility index (Phi) is 10.3. The van der Waals surface area contributed by atoms with Gasteiger partial charge < -0.3 is 15.0 Å². The zero-order chi connectivity index (χ0) is 26.7. The summed E-state index contributed by atoms with van der Waals surface area (Å²) in [7, 11) is 1.65. The molecule has 4 rings (SSSR count). The molecule has 6 heteroatoms. The van der Waals surface area contributed by atoms with Crippen LogP contribution in [0.15, 0.2) is 78.9 Å². The Labute approximate surface area is 231 Å². The molecule has 0 aliphatic heterocycles. The molecule has 3 aromatic carbocycles. The van der Waals surface area contributed by atoms with Gasteiger partial charge in [-0.25, -0.2) is 0 Å². The molecule has 2 amide bonds. The Morgan fingerprint density at radius 3 is 2.34 bits per heavy atom. The van der Waals surface area contributed by atoms with E-state index in [-0.39, 0.29) is 17.9 Å². The highest BCUT2D eigenvalue weighted by Gasteiger charge is 2.32. The number of rotatable bonds is 12. The van der Waals surface area contributed by atoms with E-state index in [1.54, 1.807) is 23.8 Å². The van der Waals surface area contributed by atoms with E-state index in [2.05, 4.69) is 24.4 Å². The van der Waals surface area contributed by atoms with Gasteiger partial charge in [0.25, 0.3) is 0 Å². The third kappa shape index (κ3) is 8.12. The molecule has 5 nitrogen and oxygen atoms in total. The fraction of sp³-hybridized carbons (Fsp3) is 0.375. The molecular weight excluding hydrogens is 492 g/mol. The molecule has 200 valence electrons. The van der Waals surface area contributed by atoms with Gasteiger partial charge >= 0.3 is 0 Å². The van der Waals surface area contributed by atoms with Gasteiger partial charge in [-0.2, -0.15) is 0 Å². The van der Waals surface area contributed by atoms with Gasteiger partial charge in [0.15, 0.2) is 0 Å². The summed E-state index contributed by atoms with van der Waals surface area (Å²) in [6, 6.07) is 25.7. The van der Waals surface area contributed by atoms with Gasteiger partial charge in [-0.3, -0.25) is 9.59 Å². The first kappa shape index (κ1) is 27.8. The van der Waals surface area contributed by atoms with Crippen LogP contribution in [0.4, 0.5) is 0 Å². The van der Waals surface area contributed by atoms with Crippen LogP contribution in [0.25, 0.3) is 0 Å². The largest absolute Gasteiger partial charge is 0.497 e. The monoisotopic (exact) mass is 530 g/mol. The lowest BCUT2D eigenvalue weighted by molar-refractivity contribution is -0.139. The van der Waals surface area contributed by atoms with Crippen molar-refractivity contribution in [3.05, 3.63) is 101 Å². The van der Waals surface area contributed by atoms with Crippen LogP contribution >= 0.6 is 11.8 Å². The van der Waals surface area contributed by atoms with E-state index in [0.717, 1.165) is 53.7 Å². The Morgan fingerprint density at radius 2 is 1.66 bits per heavy atom. The minimum absolute atomic E-state index is 0.0208. The minimum Gasteiger partial charge on any atom is -0.497 e. The molecule has 0 radical (unpaired) electrons. The number of hydrogen-bond acceptors (Lipinski definition) is 4. The predicted molar refractivity (Wildman–Crippen MR) is 155 cm³/mol. The molecule has 1 N–H and O–H groups in total. The predicted octanol–water partition coefficient (Wildman–Crippen LogP) is 5.94. The summed E-state index contributed by atoms with van der Waals surface area (Å²) in [5.74, 6) is 1.76. The summed E-state index contributed by atoms with van der Waals surface area (Å²) >= 11 is 1.57. The molecule has 0 unspecified atom stereocenters. The summed E-state index contributed by atoms with van der Waals surface area (Å²) in [5, 5.41) is 3.27. The number of amides is 2. The molecule has 1 aliphatic rings. The lowest BCUT2D eigenvalue weighted by Gasteiger charge is -2.32. The number of benzene rings is 3. The fourth-order valence-corrected chi connectivity index (χ4v) is 5.86. The molecule has 1 atom stereocenters. The number of thioether (sulfide) groups is 1. The lowest BCUT2D eigenvalue weighted by Crippen LogP contribution is -2.52. The van der Waals surface area contributed by atoms with Crippen molar-refractivity contribution in [3.63, 3.8) is 0 Å². The van der Waals surface area contributed by atoms with Gasteiger partial charge in [0, 0.05) is 24.8 Å². The average Bonchev–Trinajstić information content (AvgIpc) is 3.44. The second-order valence-electron chi connectivity index (χ2n) is 10.0. The van der Waals surface area contributed by atoms with Gasteiger partial charge in [0.05, 0.1) is 12.9 Å². The Balaban J connectivity index is 1.54. The third-order valence-electron chi connectivity index (χ3n) is 7.06. The van der Waals surface area contributed by atoms with E-state index in [9.17, 15) is 9.59 Å². The summed E-state index contributed by atoms with van der Waals surface area (Å²) in [6.07, 6.45) is 4.78. The number of ether oxygens (including phenoxy) is 1. The molecule has 1 aliphatic carbocycles. The van der Waals surface area contributed by atoms with Crippen LogP contribution in [0.3, 0.4) is 0 Å². The smallest absolute Gasteiger partial charge is 0.243 e. The molecule has 0 heterocycles. The molecule has 1 saturated carbocycles. The normalized spacial score (nSPS) is 14.2. The molecule has 0 bridgehead atoms. The van der Waals surface area contributed by atoms with Crippen molar-refractivity contribution in [1.82, 2.24) is 10.2 Å². The summed E-state index contributed by atoms with van der Waals surface area (Å²) in [6.45, 7) is 2.45. The third-order valence-corrected chi connectivity index (χ3v) is 8.05. The van der Waals surface area contributed by atoms with Crippen molar-refractivity contribution in [2.45, 2.75) is 63.4 Å². The topological polar surface area (TPSA) is 58.6 Å². The van der Waals surface area contributed by atoms with Gasteiger partial charge in [-0.15, -0.1) is 11.8 Å². The van der Waals surface area contributed by atoms with E-state index in [1.165, 1.54) is 0 Å². The maximum Gasteiger partial charge on any atom is 0.243 e. The number of nitrogens with zero attached hydrogens (tertiary/aromatic N) is 1. The highest BCUT2D eigenvalue weighted by molar-refractivity contribution is 7.99. The van der Waals surface area contributed by atoms with E-state index in [4.69, 9.17) is 4.74 Å². The Bertz CT molecular complexity index is 1180. The van der Waals surface area contributed by atoms with Crippen LogP contribution in [0.1, 0.15) is 47.9 Å². The molecule has 3 aromatic rings. The van der Waals surface area contributed by atoms with Crippen molar-refractivity contribution in [2.24, 2.45) is 0 Å². The van der Waals surface area contributed by atoms with E-state index in [1.807, 2.05) is 66.7 Å². The van der Waals surface area contributed by atoms with Crippen LogP contribution in [-0.4, -0.2) is 41.7 Å². The molecular formula is C32H38N2O3S. The number of carbonyl (C=O) groups excluding carboxylic acids is 2. The zero-order valence-corrected chi connectivity index (χ0v) is 23.2. The maximum absolute atomic E-state index is 13.8. The van der Waals surface area contributed by atoms with Crippen LogP contribution in [-0.2, 0) is 28.3 Å². The quantitative estimate of drug-likeness (QED) is 0.315.